The van der Waals surface area contributed by atoms with Gasteiger partial charge in [-0.2, -0.15) is 0 Å². The van der Waals surface area contributed by atoms with Crippen LogP contribution in [-0.2, 0) is 6.42 Å². The fourth-order valence-electron chi connectivity index (χ4n) is 2.09. The van der Waals surface area contributed by atoms with Gasteiger partial charge in [-0.05, 0) is 30.5 Å². The van der Waals surface area contributed by atoms with Crippen LogP contribution in [0.5, 0.6) is 5.75 Å². The smallest absolute Gasteiger partial charge is 0.254 e. The number of hydrogen-bond acceptors (Lipinski definition) is 2. The minimum atomic E-state index is 0.131. The van der Waals surface area contributed by atoms with E-state index in [1.54, 1.807) is 7.11 Å². The van der Waals surface area contributed by atoms with E-state index in [9.17, 15) is 4.79 Å². The van der Waals surface area contributed by atoms with Crippen molar-refractivity contribution in [2.45, 2.75) is 12.8 Å². The van der Waals surface area contributed by atoms with E-state index in [1.165, 1.54) is 0 Å². The summed E-state index contributed by atoms with van der Waals surface area (Å²) in [6.45, 7) is 1.64. The Morgan fingerprint density at radius 3 is 3.00 bits per heavy atom. The van der Waals surface area contributed by atoms with Crippen molar-refractivity contribution in [3.05, 3.63) is 29.3 Å². The zero-order valence-corrected chi connectivity index (χ0v) is 11.5. The molecule has 92 valence electrons. The van der Waals surface area contributed by atoms with E-state index in [-0.39, 0.29) is 5.91 Å². The van der Waals surface area contributed by atoms with Gasteiger partial charge in [0.2, 0.25) is 0 Å². The van der Waals surface area contributed by atoms with Gasteiger partial charge >= 0.3 is 0 Å². The van der Waals surface area contributed by atoms with Crippen LogP contribution in [0.15, 0.2) is 18.2 Å². The Morgan fingerprint density at radius 1 is 1.47 bits per heavy atom. The van der Waals surface area contributed by atoms with Crippen molar-refractivity contribution in [2.24, 2.45) is 0 Å². The largest absolute Gasteiger partial charge is 0.497 e. The first-order chi connectivity index (χ1) is 8.26. The standard InChI is InChI=1S/C13H16BrNO2/c1-17-11-4-3-10-5-8-15(7-2-6-14)13(16)12(10)9-11/h3-4,9H,2,5-8H2,1H3. The number of alkyl halides is 1. The molecule has 0 spiro atoms. The third kappa shape index (κ3) is 2.63. The Bertz CT molecular complexity index is 420. The maximum absolute atomic E-state index is 12.2. The molecule has 0 N–H and O–H groups in total. The Morgan fingerprint density at radius 2 is 2.29 bits per heavy atom. The zero-order valence-electron chi connectivity index (χ0n) is 9.91. The van der Waals surface area contributed by atoms with E-state index in [4.69, 9.17) is 4.74 Å². The molecule has 0 unspecified atom stereocenters. The molecule has 0 saturated carbocycles. The summed E-state index contributed by atoms with van der Waals surface area (Å²) < 4.78 is 5.17. The molecule has 3 nitrogen and oxygen atoms in total. The zero-order chi connectivity index (χ0) is 12.3. The van der Waals surface area contributed by atoms with Gasteiger partial charge in [0, 0.05) is 24.0 Å². The SMILES string of the molecule is COc1ccc2c(c1)C(=O)N(CCCBr)CC2. The third-order valence-electron chi connectivity index (χ3n) is 3.05. The van der Waals surface area contributed by atoms with Crippen LogP contribution in [0.4, 0.5) is 0 Å². The second kappa shape index (κ2) is 5.54. The van der Waals surface area contributed by atoms with Crippen LogP contribution < -0.4 is 4.74 Å². The predicted molar refractivity (Wildman–Crippen MR) is 71.0 cm³/mol. The summed E-state index contributed by atoms with van der Waals surface area (Å²) in [4.78, 5) is 14.2. The number of halogens is 1. The number of carbonyl (C=O) groups is 1. The number of amides is 1. The second-order valence-electron chi connectivity index (χ2n) is 4.11. The Hall–Kier alpha value is -1.03. The van der Waals surface area contributed by atoms with E-state index < -0.39 is 0 Å². The van der Waals surface area contributed by atoms with E-state index in [0.29, 0.717) is 0 Å². The third-order valence-corrected chi connectivity index (χ3v) is 3.61. The van der Waals surface area contributed by atoms with E-state index in [0.717, 1.165) is 48.1 Å². The van der Waals surface area contributed by atoms with Crippen molar-refractivity contribution < 1.29 is 9.53 Å². The number of fused-ring (bicyclic) bond motifs is 1. The quantitative estimate of drug-likeness (QED) is 0.799. The fraction of sp³-hybridized carbons (Fsp3) is 0.462. The summed E-state index contributed by atoms with van der Waals surface area (Å²) in [6.07, 6.45) is 1.93. The van der Waals surface area contributed by atoms with Crippen LogP contribution in [0, 0.1) is 0 Å². The lowest BCUT2D eigenvalue weighted by atomic mass is 9.98. The summed E-state index contributed by atoms with van der Waals surface area (Å²) in [5.41, 5.74) is 1.93. The predicted octanol–water partition coefficient (Wildman–Crippen LogP) is 2.48. The molecular weight excluding hydrogens is 282 g/mol. The molecule has 1 heterocycles. The van der Waals surface area contributed by atoms with E-state index in [1.807, 2.05) is 23.1 Å². The highest BCUT2D eigenvalue weighted by atomic mass is 79.9. The molecule has 1 aromatic rings. The van der Waals surface area contributed by atoms with Gasteiger partial charge in [-0.15, -0.1) is 0 Å². The summed E-state index contributed by atoms with van der Waals surface area (Å²) in [5, 5.41) is 0.932. The molecule has 1 aromatic carbocycles. The number of methoxy groups -OCH3 is 1. The first-order valence-electron chi connectivity index (χ1n) is 5.78. The van der Waals surface area contributed by atoms with E-state index >= 15 is 0 Å². The molecule has 0 saturated heterocycles. The minimum absolute atomic E-state index is 0.131. The molecule has 0 bridgehead atoms. The summed E-state index contributed by atoms with van der Waals surface area (Å²) in [5.74, 6) is 0.880. The average Bonchev–Trinajstić information content (AvgIpc) is 2.38. The van der Waals surface area contributed by atoms with Gasteiger partial charge in [-0.1, -0.05) is 22.0 Å². The number of rotatable bonds is 4. The minimum Gasteiger partial charge on any atom is -0.497 e. The molecule has 1 amide bonds. The maximum atomic E-state index is 12.2. The molecule has 0 radical (unpaired) electrons. The van der Waals surface area contributed by atoms with Gasteiger partial charge in [-0.25, -0.2) is 0 Å². The average molecular weight is 298 g/mol. The Kier molecular flexibility index (Phi) is 4.05. The molecule has 0 fully saturated rings. The van der Waals surface area contributed by atoms with Gasteiger partial charge in [-0.3, -0.25) is 4.79 Å². The Labute approximate surface area is 110 Å². The van der Waals surface area contributed by atoms with Gasteiger partial charge in [0.05, 0.1) is 7.11 Å². The highest BCUT2D eigenvalue weighted by Gasteiger charge is 2.24. The molecule has 0 aromatic heterocycles. The van der Waals surface area contributed by atoms with Crippen LogP contribution in [0.25, 0.3) is 0 Å². The van der Waals surface area contributed by atoms with Crippen LogP contribution >= 0.6 is 15.9 Å². The molecule has 0 aliphatic carbocycles. The van der Waals surface area contributed by atoms with Crippen molar-refractivity contribution in [1.29, 1.82) is 0 Å². The fourth-order valence-corrected chi connectivity index (χ4v) is 2.34. The van der Waals surface area contributed by atoms with Gasteiger partial charge in [0.15, 0.2) is 0 Å². The van der Waals surface area contributed by atoms with Crippen LogP contribution in [0.1, 0.15) is 22.3 Å². The maximum Gasteiger partial charge on any atom is 0.254 e. The highest BCUT2D eigenvalue weighted by molar-refractivity contribution is 9.09. The molecule has 1 aliphatic rings. The van der Waals surface area contributed by atoms with Crippen LogP contribution in [0.2, 0.25) is 0 Å². The van der Waals surface area contributed by atoms with Gasteiger partial charge < -0.3 is 9.64 Å². The van der Waals surface area contributed by atoms with Crippen LogP contribution in [0.3, 0.4) is 0 Å². The number of ether oxygens (including phenoxy) is 1. The van der Waals surface area contributed by atoms with Crippen molar-refractivity contribution in [3.8, 4) is 5.75 Å². The monoisotopic (exact) mass is 297 g/mol. The molecule has 17 heavy (non-hydrogen) atoms. The van der Waals surface area contributed by atoms with Crippen molar-refractivity contribution in [1.82, 2.24) is 4.90 Å². The topological polar surface area (TPSA) is 29.5 Å². The summed E-state index contributed by atoms with van der Waals surface area (Å²) in [6, 6.07) is 5.76. The summed E-state index contributed by atoms with van der Waals surface area (Å²) >= 11 is 3.39. The molecule has 4 heteroatoms. The number of benzene rings is 1. The number of carbonyl (C=O) groups excluding carboxylic acids is 1. The molecule has 2 rings (SSSR count). The van der Waals surface area contributed by atoms with Crippen molar-refractivity contribution >= 4 is 21.8 Å². The second-order valence-corrected chi connectivity index (χ2v) is 4.90. The number of nitrogens with zero attached hydrogens (tertiary/aromatic N) is 1. The first-order valence-corrected chi connectivity index (χ1v) is 6.90. The first kappa shape index (κ1) is 12.4. The lowest BCUT2D eigenvalue weighted by molar-refractivity contribution is 0.0740. The van der Waals surface area contributed by atoms with Gasteiger partial charge in [0.1, 0.15) is 5.75 Å². The number of hydrogen-bond donors (Lipinski definition) is 0. The normalized spacial score (nSPS) is 14.7. The van der Waals surface area contributed by atoms with E-state index in [2.05, 4.69) is 15.9 Å². The lowest BCUT2D eigenvalue weighted by Gasteiger charge is -2.28. The van der Waals surface area contributed by atoms with Crippen molar-refractivity contribution in [2.75, 3.05) is 25.5 Å². The summed E-state index contributed by atoms with van der Waals surface area (Å²) in [7, 11) is 1.62. The molecule has 1 aliphatic heterocycles. The Balaban J connectivity index is 2.21. The van der Waals surface area contributed by atoms with Gasteiger partial charge in [0.25, 0.3) is 5.91 Å². The van der Waals surface area contributed by atoms with Crippen LogP contribution in [-0.4, -0.2) is 36.3 Å². The highest BCUT2D eigenvalue weighted by Crippen LogP contribution is 2.23. The molecular formula is C13H16BrNO2. The molecule has 0 atom stereocenters. The lowest BCUT2D eigenvalue weighted by Crippen LogP contribution is -2.38. The van der Waals surface area contributed by atoms with Crippen molar-refractivity contribution in [3.63, 3.8) is 0 Å².